The number of fused-ring (bicyclic) bond motifs is 1. The van der Waals surface area contributed by atoms with E-state index in [2.05, 4.69) is 4.98 Å². The van der Waals surface area contributed by atoms with Crippen molar-refractivity contribution in [2.45, 2.75) is 6.92 Å². The van der Waals surface area contributed by atoms with Gasteiger partial charge in [0.2, 0.25) is 10.6 Å². The molecule has 0 unspecified atom stereocenters. The number of benzene rings is 3. The van der Waals surface area contributed by atoms with Gasteiger partial charge >= 0.3 is 0 Å². The minimum absolute atomic E-state index is 0.221. The van der Waals surface area contributed by atoms with E-state index in [0.717, 1.165) is 39.1 Å². The summed E-state index contributed by atoms with van der Waals surface area (Å²) in [6, 6.07) is 21.3. The summed E-state index contributed by atoms with van der Waals surface area (Å²) in [6.45, 7) is 1.88. The van der Waals surface area contributed by atoms with Crippen LogP contribution in [0, 0.1) is 6.92 Å². The van der Waals surface area contributed by atoms with Crippen LogP contribution in [0.5, 0.6) is 17.2 Å². The Balaban J connectivity index is 1.57. The lowest BCUT2D eigenvalue weighted by Crippen LogP contribution is -2.19. The van der Waals surface area contributed by atoms with Crippen LogP contribution in [0.15, 0.2) is 93.2 Å². The summed E-state index contributed by atoms with van der Waals surface area (Å²) in [4.78, 5) is 22.4. The van der Waals surface area contributed by atoms with Gasteiger partial charge in [0.25, 0.3) is 5.56 Å². The van der Waals surface area contributed by atoms with E-state index in [0.29, 0.717) is 27.7 Å². The fraction of sp³-hybridized carbons (Fsp3) is 0.156. The number of H-pyrrole nitrogens is 1. The van der Waals surface area contributed by atoms with Gasteiger partial charge in [0, 0.05) is 40.7 Å². The van der Waals surface area contributed by atoms with Gasteiger partial charge in [-0.2, -0.15) is 5.10 Å². The highest BCUT2D eigenvalue weighted by molar-refractivity contribution is 7.07. The Bertz CT molecular complexity index is 2070. The fourth-order valence-electron chi connectivity index (χ4n) is 5.02. The molecular formula is C32H30N6O4S. The first-order valence-corrected chi connectivity index (χ1v) is 14.3. The fourth-order valence-corrected chi connectivity index (χ4v) is 5.86. The molecule has 1 N–H and O–H groups in total. The molecule has 0 spiro atoms. The van der Waals surface area contributed by atoms with Gasteiger partial charge in [-0.3, -0.25) is 9.48 Å². The second-order valence-corrected chi connectivity index (χ2v) is 10.5. The van der Waals surface area contributed by atoms with E-state index in [1.807, 2.05) is 97.0 Å². The van der Waals surface area contributed by atoms with E-state index in [9.17, 15) is 4.79 Å². The Morgan fingerprint density at radius 1 is 0.930 bits per heavy atom. The number of thiazole rings is 1. The summed E-state index contributed by atoms with van der Waals surface area (Å²) in [5, 5.41) is 7.88. The quantitative estimate of drug-likeness (QED) is 0.231. The number of nitrogens with zero attached hydrogens (tertiary/aromatic N) is 5. The minimum atomic E-state index is -0.221. The molecule has 0 saturated heterocycles. The molecular weight excluding hydrogens is 564 g/mol. The zero-order chi connectivity index (χ0) is 30.1. The molecule has 218 valence electrons. The van der Waals surface area contributed by atoms with Crippen molar-refractivity contribution in [2.24, 2.45) is 17.1 Å². The third-order valence-corrected chi connectivity index (χ3v) is 8.13. The van der Waals surface area contributed by atoms with Crippen molar-refractivity contribution in [1.29, 1.82) is 0 Å². The molecule has 0 fully saturated rings. The number of rotatable bonds is 8. The largest absolute Gasteiger partial charge is 0.493 e. The van der Waals surface area contributed by atoms with Crippen LogP contribution in [0.3, 0.4) is 0 Å². The molecule has 0 saturated carbocycles. The molecule has 6 aromatic rings. The molecule has 6 rings (SSSR count). The second kappa shape index (κ2) is 11.5. The Morgan fingerprint density at radius 3 is 2.33 bits per heavy atom. The molecule has 3 heterocycles. The number of hydrogen-bond donors (Lipinski definition) is 1. The predicted molar refractivity (Wildman–Crippen MR) is 170 cm³/mol. The molecule has 0 atom stereocenters. The first kappa shape index (κ1) is 27.9. The zero-order valence-electron chi connectivity index (χ0n) is 24.4. The smallest absolute Gasteiger partial charge is 0.297 e. The van der Waals surface area contributed by atoms with Crippen LogP contribution in [0.25, 0.3) is 27.8 Å². The topological polar surface area (TPSA) is 100 Å². The molecule has 0 bridgehead atoms. The minimum Gasteiger partial charge on any atom is -0.493 e. The average Bonchev–Trinajstić information content (AvgIpc) is 3.70. The molecule has 0 aliphatic carbocycles. The van der Waals surface area contributed by atoms with Crippen LogP contribution in [0.1, 0.15) is 11.3 Å². The Kier molecular flexibility index (Phi) is 7.47. The summed E-state index contributed by atoms with van der Waals surface area (Å²) in [5.41, 5.74) is 5.03. The summed E-state index contributed by atoms with van der Waals surface area (Å²) in [7, 11) is 6.57. The van der Waals surface area contributed by atoms with E-state index in [1.54, 1.807) is 36.9 Å². The average molecular weight is 595 g/mol. The lowest BCUT2D eigenvalue weighted by Gasteiger charge is -2.14. The van der Waals surface area contributed by atoms with Crippen LogP contribution < -0.4 is 24.6 Å². The van der Waals surface area contributed by atoms with Crippen molar-refractivity contribution in [3.8, 4) is 34.2 Å². The monoisotopic (exact) mass is 594 g/mol. The van der Waals surface area contributed by atoms with E-state index in [1.165, 1.54) is 11.3 Å². The van der Waals surface area contributed by atoms with Crippen molar-refractivity contribution < 1.29 is 14.2 Å². The number of ether oxygens (including phenoxy) is 3. The lowest BCUT2D eigenvalue weighted by molar-refractivity contribution is 0.324. The molecule has 0 aliphatic heterocycles. The Morgan fingerprint density at radius 2 is 1.63 bits per heavy atom. The maximum absolute atomic E-state index is 13.7. The third-order valence-electron chi connectivity index (χ3n) is 7.31. The van der Waals surface area contributed by atoms with Crippen molar-refractivity contribution in [3.05, 3.63) is 105 Å². The van der Waals surface area contributed by atoms with E-state index < -0.39 is 0 Å². The molecule has 0 aliphatic rings. The van der Waals surface area contributed by atoms with E-state index in [4.69, 9.17) is 24.3 Å². The standard InChI is InChI=1S/C32H30N6O4S/c1-20-29(31(39)38(36(20)2)23-11-7-6-8-12-23)35-32-37(34-18-22-17-33-25-14-10-9-13-24(22)25)26(19-43-32)21-15-27(40-3)30(42-5)28(16-21)41-4/h6-19,33H,1-5H3. The van der Waals surface area contributed by atoms with Crippen molar-refractivity contribution in [1.82, 2.24) is 19.0 Å². The third kappa shape index (κ3) is 4.93. The number of aromatic amines is 1. The zero-order valence-corrected chi connectivity index (χ0v) is 25.2. The van der Waals surface area contributed by atoms with E-state index >= 15 is 0 Å². The Hall–Kier alpha value is -5.29. The molecule has 0 amide bonds. The maximum atomic E-state index is 13.7. The van der Waals surface area contributed by atoms with Crippen LogP contribution in [0.4, 0.5) is 5.69 Å². The highest BCUT2D eigenvalue weighted by Crippen LogP contribution is 2.41. The summed E-state index contributed by atoms with van der Waals surface area (Å²) < 4.78 is 21.9. The van der Waals surface area contributed by atoms with Gasteiger partial charge in [-0.05, 0) is 37.3 Å². The molecule has 0 radical (unpaired) electrons. The van der Waals surface area contributed by atoms with Crippen LogP contribution in [-0.4, -0.2) is 46.6 Å². The number of aromatic nitrogens is 4. The molecule has 11 heteroatoms. The lowest BCUT2D eigenvalue weighted by atomic mass is 10.1. The van der Waals surface area contributed by atoms with Crippen LogP contribution in [0.2, 0.25) is 0 Å². The summed E-state index contributed by atoms with van der Waals surface area (Å²) >= 11 is 1.38. The van der Waals surface area contributed by atoms with Gasteiger partial charge in [-0.15, -0.1) is 11.3 Å². The van der Waals surface area contributed by atoms with Gasteiger partial charge in [-0.1, -0.05) is 36.4 Å². The van der Waals surface area contributed by atoms with Gasteiger partial charge < -0.3 is 19.2 Å². The molecule has 43 heavy (non-hydrogen) atoms. The first-order chi connectivity index (χ1) is 20.9. The van der Waals surface area contributed by atoms with Gasteiger partial charge in [-0.25, -0.2) is 14.4 Å². The summed E-state index contributed by atoms with van der Waals surface area (Å²) in [5.74, 6) is 1.51. The summed E-state index contributed by atoms with van der Waals surface area (Å²) in [6.07, 6.45) is 3.70. The molecule has 10 nitrogen and oxygen atoms in total. The number of nitrogens with one attached hydrogen (secondary N) is 1. The van der Waals surface area contributed by atoms with Gasteiger partial charge in [0.15, 0.2) is 17.2 Å². The Labute approximate surface area is 251 Å². The van der Waals surface area contributed by atoms with Gasteiger partial charge in [0.1, 0.15) is 0 Å². The SMILES string of the molecule is COc1cc(-c2csc(=Nc3c(C)n(C)n(-c4ccccc4)c3=O)n2N=Cc2c[nH]c3ccccc23)cc(OC)c1OC. The second-order valence-electron chi connectivity index (χ2n) is 9.69. The van der Waals surface area contributed by atoms with Crippen LogP contribution >= 0.6 is 11.3 Å². The number of methoxy groups -OCH3 is 3. The van der Waals surface area contributed by atoms with Crippen molar-refractivity contribution >= 4 is 34.1 Å². The van der Waals surface area contributed by atoms with Gasteiger partial charge in [0.05, 0.1) is 44.6 Å². The van der Waals surface area contributed by atoms with Crippen molar-refractivity contribution in [2.75, 3.05) is 21.3 Å². The predicted octanol–water partition coefficient (Wildman–Crippen LogP) is 5.64. The number of para-hydroxylation sites is 2. The number of hydrogen-bond acceptors (Lipinski definition) is 7. The van der Waals surface area contributed by atoms with E-state index in [-0.39, 0.29) is 5.56 Å². The van der Waals surface area contributed by atoms with Crippen LogP contribution in [-0.2, 0) is 7.05 Å². The highest BCUT2D eigenvalue weighted by Gasteiger charge is 2.19. The molecule has 3 aromatic heterocycles. The first-order valence-electron chi connectivity index (χ1n) is 13.4. The molecule has 3 aromatic carbocycles. The maximum Gasteiger partial charge on any atom is 0.297 e. The normalized spacial score (nSPS) is 12.0. The van der Waals surface area contributed by atoms with Crippen molar-refractivity contribution in [3.63, 3.8) is 0 Å². The highest BCUT2D eigenvalue weighted by atomic mass is 32.1.